The van der Waals surface area contributed by atoms with Gasteiger partial charge in [-0.15, -0.1) is 0 Å². The first-order valence-corrected chi connectivity index (χ1v) is 4.26. The molecule has 84 valence electrons. The molecule has 0 rings (SSSR count). The van der Waals surface area contributed by atoms with E-state index >= 15 is 0 Å². The molecule has 0 saturated carbocycles. The Balaban J connectivity index is 0. The third-order valence-electron chi connectivity index (χ3n) is 1.08. The fourth-order valence-electron chi connectivity index (χ4n) is 0.356. The third-order valence-corrected chi connectivity index (χ3v) is 1.08. The van der Waals surface area contributed by atoms with Crippen molar-refractivity contribution in [2.75, 3.05) is 13.2 Å². The van der Waals surface area contributed by atoms with Crippen molar-refractivity contribution in [1.82, 2.24) is 0 Å². The van der Waals surface area contributed by atoms with Gasteiger partial charge in [0.1, 0.15) is 0 Å². The van der Waals surface area contributed by atoms with Gasteiger partial charge >= 0.3 is 0 Å². The van der Waals surface area contributed by atoms with Crippen LogP contribution in [0.15, 0.2) is 12.7 Å². The molecule has 0 aromatic rings. The number of amides is 1. The van der Waals surface area contributed by atoms with Crippen LogP contribution in [0.3, 0.4) is 0 Å². The van der Waals surface area contributed by atoms with E-state index in [0.29, 0.717) is 6.61 Å². The summed E-state index contributed by atoms with van der Waals surface area (Å²) in [5, 5.41) is 17.1. The summed E-state index contributed by atoms with van der Waals surface area (Å²) in [6.45, 7) is 6.78. The second kappa shape index (κ2) is 10.2. The Morgan fingerprint density at radius 1 is 1.64 bits per heavy atom. The highest BCUT2D eigenvalue weighted by Crippen LogP contribution is 1.90. The number of carbonyl (C=O) groups is 1. The number of aliphatic hydroxyl groups is 2. The van der Waals surface area contributed by atoms with Crippen molar-refractivity contribution in [1.29, 1.82) is 0 Å². The lowest BCUT2D eigenvalue weighted by Gasteiger charge is -2.10. The van der Waals surface area contributed by atoms with Crippen LogP contribution in [0.2, 0.25) is 0 Å². The molecule has 0 aliphatic carbocycles. The van der Waals surface area contributed by atoms with Crippen molar-refractivity contribution in [3.63, 3.8) is 0 Å². The minimum Gasteiger partial charge on any atom is -0.394 e. The lowest BCUT2D eigenvalue weighted by Crippen LogP contribution is -2.19. The molecular formula is C9H19NO4. The molecule has 4 N–H and O–H groups in total. The SMILES string of the molecule is C=CC(N)=O.CC(O)COC(C)CO. The van der Waals surface area contributed by atoms with E-state index in [1.165, 1.54) is 0 Å². The maximum atomic E-state index is 9.47. The zero-order valence-corrected chi connectivity index (χ0v) is 8.64. The molecule has 5 nitrogen and oxygen atoms in total. The van der Waals surface area contributed by atoms with E-state index in [-0.39, 0.29) is 12.7 Å². The van der Waals surface area contributed by atoms with Crippen LogP contribution < -0.4 is 5.73 Å². The molecular weight excluding hydrogens is 186 g/mol. The Morgan fingerprint density at radius 2 is 2.07 bits per heavy atom. The zero-order valence-electron chi connectivity index (χ0n) is 8.64. The first kappa shape index (κ1) is 15.6. The Kier molecular flexibility index (Phi) is 11.3. The van der Waals surface area contributed by atoms with Crippen molar-refractivity contribution in [2.24, 2.45) is 5.73 Å². The second-order valence-corrected chi connectivity index (χ2v) is 2.78. The molecule has 0 aromatic heterocycles. The summed E-state index contributed by atoms with van der Waals surface area (Å²) in [6.07, 6.45) is 0.443. The molecule has 2 unspecified atom stereocenters. The second-order valence-electron chi connectivity index (χ2n) is 2.78. The van der Waals surface area contributed by atoms with Crippen LogP contribution >= 0.6 is 0 Å². The summed E-state index contributed by atoms with van der Waals surface area (Å²) in [6, 6.07) is 0. The molecule has 0 saturated heterocycles. The van der Waals surface area contributed by atoms with Crippen molar-refractivity contribution in [3.05, 3.63) is 12.7 Å². The minimum atomic E-state index is -0.481. The third kappa shape index (κ3) is 17.3. The number of ether oxygens (including phenoxy) is 1. The Morgan fingerprint density at radius 3 is 2.29 bits per heavy atom. The van der Waals surface area contributed by atoms with Gasteiger partial charge in [0.25, 0.3) is 0 Å². The number of nitrogens with two attached hydrogens (primary N) is 1. The van der Waals surface area contributed by atoms with E-state index in [4.69, 9.17) is 14.9 Å². The number of hydrogen-bond acceptors (Lipinski definition) is 4. The van der Waals surface area contributed by atoms with Crippen molar-refractivity contribution >= 4 is 5.91 Å². The van der Waals surface area contributed by atoms with Gasteiger partial charge in [-0.2, -0.15) is 0 Å². The summed E-state index contributed by atoms with van der Waals surface area (Å²) >= 11 is 0. The maximum Gasteiger partial charge on any atom is 0.240 e. The van der Waals surface area contributed by atoms with Gasteiger partial charge in [0.2, 0.25) is 5.91 Å². The molecule has 0 aliphatic heterocycles. The largest absolute Gasteiger partial charge is 0.394 e. The fourth-order valence-corrected chi connectivity index (χ4v) is 0.356. The zero-order chi connectivity index (χ0) is 11.6. The van der Waals surface area contributed by atoms with Crippen molar-refractivity contribution in [2.45, 2.75) is 26.1 Å². The molecule has 0 fully saturated rings. The lowest BCUT2D eigenvalue weighted by molar-refractivity contribution is -0.113. The molecule has 0 aliphatic rings. The first-order chi connectivity index (χ1) is 6.43. The van der Waals surface area contributed by atoms with Crippen LogP contribution in [0, 0.1) is 0 Å². The lowest BCUT2D eigenvalue weighted by atomic mass is 10.4. The molecule has 1 amide bonds. The van der Waals surface area contributed by atoms with Gasteiger partial charge < -0.3 is 20.7 Å². The number of hydrogen-bond donors (Lipinski definition) is 3. The van der Waals surface area contributed by atoms with Crippen LogP contribution in [0.4, 0.5) is 0 Å². The van der Waals surface area contributed by atoms with Crippen LogP contribution in [0.5, 0.6) is 0 Å². The van der Waals surface area contributed by atoms with E-state index < -0.39 is 12.0 Å². The summed E-state index contributed by atoms with van der Waals surface area (Å²) in [7, 11) is 0. The Hall–Kier alpha value is -0.910. The highest BCUT2D eigenvalue weighted by Gasteiger charge is 2.00. The van der Waals surface area contributed by atoms with Crippen LogP contribution in [-0.2, 0) is 9.53 Å². The summed E-state index contributed by atoms with van der Waals surface area (Å²) in [4.78, 5) is 9.47. The van der Waals surface area contributed by atoms with Crippen LogP contribution in [0.1, 0.15) is 13.8 Å². The standard InChI is InChI=1S/C6H14O3.C3H5NO/c1-5(8)4-9-6(2)3-7;1-2-3(4)5/h5-8H,3-4H2,1-2H3;2H,1H2,(H2,4,5). The molecule has 0 aromatic carbocycles. The molecule has 14 heavy (non-hydrogen) atoms. The van der Waals surface area contributed by atoms with E-state index in [1.807, 2.05) is 0 Å². The van der Waals surface area contributed by atoms with Gasteiger partial charge in [0, 0.05) is 0 Å². The predicted octanol–water partition coefficient (Wildman–Crippen LogP) is -0.578. The minimum absolute atomic E-state index is 0.00667. The Bertz CT molecular complexity index is 159. The maximum absolute atomic E-state index is 9.47. The first-order valence-electron chi connectivity index (χ1n) is 4.26. The smallest absolute Gasteiger partial charge is 0.240 e. The quantitative estimate of drug-likeness (QED) is 0.524. The van der Waals surface area contributed by atoms with Gasteiger partial charge in [-0.3, -0.25) is 4.79 Å². The highest BCUT2D eigenvalue weighted by atomic mass is 16.5. The number of primary amides is 1. The van der Waals surface area contributed by atoms with E-state index in [9.17, 15) is 4.79 Å². The van der Waals surface area contributed by atoms with Gasteiger partial charge in [-0.05, 0) is 19.9 Å². The Labute approximate surface area is 84.2 Å². The molecule has 0 spiro atoms. The molecule has 5 heteroatoms. The summed E-state index contributed by atoms with van der Waals surface area (Å²) in [5.74, 6) is -0.481. The van der Waals surface area contributed by atoms with E-state index in [2.05, 4.69) is 12.3 Å². The van der Waals surface area contributed by atoms with Gasteiger partial charge in [-0.1, -0.05) is 6.58 Å². The molecule has 2 atom stereocenters. The molecule has 0 bridgehead atoms. The van der Waals surface area contributed by atoms with E-state index in [1.54, 1.807) is 13.8 Å². The monoisotopic (exact) mass is 205 g/mol. The normalized spacial score (nSPS) is 13.4. The van der Waals surface area contributed by atoms with Gasteiger partial charge in [-0.25, -0.2) is 0 Å². The van der Waals surface area contributed by atoms with Crippen LogP contribution in [0.25, 0.3) is 0 Å². The topological polar surface area (TPSA) is 92.8 Å². The average molecular weight is 205 g/mol. The van der Waals surface area contributed by atoms with Crippen molar-refractivity contribution < 1.29 is 19.7 Å². The molecule has 0 radical (unpaired) electrons. The average Bonchev–Trinajstić information content (AvgIpc) is 2.14. The number of carbonyl (C=O) groups excluding carboxylic acids is 1. The number of rotatable bonds is 5. The fraction of sp³-hybridized carbons (Fsp3) is 0.667. The van der Waals surface area contributed by atoms with Gasteiger partial charge in [0.15, 0.2) is 0 Å². The van der Waals surface area contributed by atoms with Gasteiger partial charge in [0.05, 0.1) is 25.4 Å². The predicted molar refractivity (Wildman–Crippen MR) is 53.6 cm³/mol. The molecule has 0 heterocycles. The van der Waals surface area contributed by atoms with Crippen molar-refractivity contribution in [3.8, 4) is 0 Å². The summed E-state index contributed by atoms with van der Waals surface area (Å²) < 4.78 is 4.95. The number of aliphatic hydroxyl groups excluding tert-OH is 2. The summed E-state index contributed by atoms with van der Waals surface area (Å²) in [5.41, 5.74) is 4.53. The van der Waals surface area contributed by atoms with E-state index in [0.717, 1.165) is 6.08 Å². The highest BCUT2D eigenvalue weighted by molar-refractivity contribution is 5.84. The van der Waals surface area contributed by atoms with Crippen LogP contribution in [-0.4, -0.2) is 41.5 Å².